The molecule has 0 saturated carbocycles. The van der Waals surface area contributed by atoms with Crippen molar-refractivity contribution in [1.82, 2.24) is 5.32 Å². The Hall–Kier alpha value is 0.270. The number of aliphatic hydroxyl groups excluding tert-OH is 1. The molecule has 0 aliphatic carbocycles. The number of aliphatic hydroxyl groups is 1. The molecule has 0 spiro atoms. The maximum Gasteiger partial charge on any atom is 0.0438 e. The Morgan fingerprint density at radius 2 is 2.27 bits per heavy atom. The molecule has 0 fully saturated rings. The van der Waals surface area contributed by atoms with Crippen molar-refractivity contribution in [2.45, 2.75) is 25.8 Å². The number of nitrogens with one attached hydrogen (secondary N) is 1. The van der Waals surface area contributed by atoms with Crippen LogP contribution in [0.25, 0.3) is 0 Å². The Balaban J connectivity index is 3.07. The molecular formula is C8H19NOS. The fraction of sp³-hybridized carbons (Fsp3) is 1.00. The minimum Gasteiger partial charge on any atom is -0.396 e. The number of thioether (sulfide) groups is 1. The Labute approximate surface area is 73.8 Å². The third-order valence-electron chi connectivity index (χ3n) is 1.67. The van der Waals surface area contributed by atoms with E-state index in [1.807, 2.05) is 18.8 Å². The SMILES string of the molecule is CCC(CSCCCO)NC. The van der Waals surface area contributed by atoms with Crippen molar-refractivity contribution >= 4 is 11.8 Å². The molecule has 2 nitrogen and oxygen atoms in total. The second-order valence-electron chi connectivity index (χ2n) is 2.55. The van der Waals surface area contributed by atoms with Crippen LogP contribution in [0.5, 0.6) is 0 Å². The molecule has 68 valence electrons. The zero-order valence-corrected chi connectivity index (χ0v) is 8.28. The fourth-order valence-electron chi connectivity index (χ4n) is 0.798. The molecule has 11 heavy (non-hydrogen) atoms. The molecule has 0 amide bonds. The number of rotatable bonds is 7. The van der Waals surface area contributed by atoms with Gasteiger partial charge < -0.3 is 10.4 Å². The second kappa shape index (κ2) is 8.37. The van der Waals surface area contributed by atoms with E-state index in [1.165, 1.54) is 6.42 Å². The molecule has 0 aromatic heterocycles. The highest BCUT2D eigenvalue weighted by atomic mass is 32.2. The molecule has 0 radical (unpaired) electrons. The van der Waals surface area contributed by atoms with Crippen LogP contribution >= 0.6 is 11.8 Å². The van der Waals surface area contributed by atoms with E-state index >= 15 is 0 Å². The molecule has 3 heteroatoms. The second-order valence-corrected chi connectivity index (χ2v) is 3.70. The van der Waals surface area contributed by atoms with Crippen LogP contribution in [0.4, 0.5) is 0 Å². The van der Waals surface area contributed by atoms with E-state index in [-0.39, 0.29) is 0 Å². The lowest BCUT2D eigenvalue weighted by atomic mass is 10.3. The highest BCUT2D eigenvalue weighted by molar-refractivity contribution is 7.99. The summed E-state index contributed by atoms with van der Waals surface area (Å²) in [7, 11) is 2.00. The van der Waals surface area contributed by atoms with Crippen LogP contribution in [0.1, 0.15) is 19.8 Å². The number of hydrogen-bond acceptors (Lipinski definition) is 3. The van der Waals surface area contributed by atoms with Crippen LogP contribution in [0, 0.1) is 0 Å². The summed E-state index contributed by atoms with van der Waals surface area (Å²) in [6.45, 7) is 2.51. The van der Waals surface area contributed by atoms with Gasteiger partial charge in [0.2, 0.25) is 0 Å². The van der Waals surface area contributed by atoms with Gasteiger partial charge in [-0.05, 0) is 25.6 Å². The molecule has 0 aromatic rings. The lowest BCUT2D eigenvalue weighted by Crippen LogP contribution is -2.26. The zero-order chi connectivity index (χ0) is 8.53. The predicted octanol–water partition coefficient (Wildman–Crippen LogP) is 1.10. The van der Waals surface area contributed by atoms with Gasteiger partial charge in [-0.15, -0.1) is 0 Å². The third kappa shape index (κ3) is 6.66. The minimum absolute atomic E-state index is 0.323. The fourth-order valence-corrected chi connectivity index (χ4v) is 1.98. The van der Waals surface area contributed by atoms with Gasteiger partial charge in [-0.2, -0.15) is 11.8 Å². The lowest BCUT2D eigenvalue weighted by molar-refractivity contribution is 0.296. The molecule has 1 unspecified atom stereocenters. The Morgan fingerprint density at radius 1 is 1.55 bits per heavy atom. The maximum atomic E-state index is 8.52. The van der Waals surface area contributed by atoms with Crippen molar-refractivity contribution < 1.29 is 5.11 Å². The first-order chi connectivity index (χ1) is 5.35. The van der Waals surface area contributed by atoms with Crippen molar-refractivity contribution in [3.05, 3.63) is 0 Å². The summed E-state index contributed by atoms with van der Waals surface area (Å²) in [5, 5.41) is 11.8. The van der Waals surface area contributed by atoms with Gasteiger partial charge in [0.25, 0.3) is 0 Å². The quantitative estimate of drug-likeness (QED) is 0.571. The normalized spacial score (nSPS) is 13.4. The van der Waals surface area contributed by atoms with Crippen LogP contribution in [0.3, 0.4) is 0 Å². The average Bonchev–Trinajstić information content (AvgIpc) is 2.05. The summed E-state index contributed by atoms with van der Waals surface area (Å²) >= 11 is 1.91. The molecule has 1 atom stereocenters. The van der Waals surface area contributed by atoms with Crippen molar-refractivity contribution in [3.8, 4) is 0 Å². The van der Waals surface area contributed by atoms with E-state index in [0.717, 1.165) is 17.9 Å². The van der Waals surface area contributed by atoms with Gasteiger partial charge >= 0.3 is 0 Å². The topological polar surface area (TPSA) is 32.3 Å². The van der Waals surface area contributed by atoms with Gasteiger partial charge in [-0.1, -0.05) is 6.92 Å². The summed E-state index contributed by atoms with van der Waals surface area (Å²) in [4.78, 5) is 0. The van der Waals surface area contributed by atoms with Crippen LogP contribution in [-0.4, -0.2) is 36.3 Å². The third-order valence-corrected chi connectivity index (χ3v) is 2.88. The van der Waals surface area contributed by atoms with Gasteiger partial charge in [0.1, 0.15) is 0 Å². The molecule has 0 rings (SSSR count). The summed E-state index contributed by atoms with van der Waals surface area (Å²) < 4.78 is 0. The first-order valence-electron chi connectivity index (χ1n) is 4.21. The maximum absolute atomic E-state index is 8.52. The van der Waals surface area contributed by atoms with E-state index in [2.05, 4.69) is 12.2 Å². The van der Waals surface area contributed by atoms with E-state index in [4.69, 9.17) is 5.11 Å². The van der Waals surface area contributed by atoms with Gasteiger partial charge in [0.15, 0.2) is 0 Å². The zero-order valence-electron chi connectivity index (χ0n) is 7.47. The standard InChI is InChI=1S/C8H19NOS/c1-3-8(9-2)7-11-6-4-5-10/h8-10H,3-7H2,1-2H3. The predicted molar refractivity (Wildman–Crippen MR) is 52.2 cm³/mol. The molecule has 0 bridgehead atoms. The summed E-state index contributed by atoms with van der Waals surface area (Å²) in [5.41, 5.74) is 0. The molecule has 0 aliphatic rings. The highest BCUT2D eigenvalue weighted by Crippen LogP contribution is 2.06. The average molecular weight is 177 g/mol. The van der Waals surface area contributed by atoms with Crippen molar-refractivity contribution in [1.29, 1.82) is 0 Å². The smallest absolute Gasteiger partial charge is 0.0438 e. The van der Waals surface area contributed by atoms with Crippen LogP contribution in [0.15, 0.2) is 0 Å². The Morgan fingerprint density at radius 3 is 2.73 bits per heavy atom. The molecule has 0 heterocycles. The lowest BCUT2D eigenvalue weighted by Gasteiger charge is -2.12. The van der Waals surface area contributed by atoms with Gasteiger partial charge in [-0.3, -0.25) is 0 Å². The molecular weight excluding hydrogens is 158 g/mol. The summed E-state index contributed by atoms with van der Waals surface area (Å²) in [5.74, 6) is 2.24. The van der Waals surface area contributed by atoms with E-state index < -0.39 is 0 Å². The van der Waals surface area contributed by atoms with Crippen molar-refractivity contribution in [3.63, 3.8) is 0 Å². The van der Waals surface area contributed by atoms with E-state index in [1.54, 1.807) is 0 Å². The van der Waals surface area contributed by atoms with E-state index in [9.17, 15) is 0 Å². The first-order valence-corrected chi connectivity index (χ1v) is 5.36. The molecule has 2 N–H and O–H groups in total. The first kappa shape index (κ1) is 11.3. The van der Waals surface area contributed by atoms with Crippen LogP contribution in [-0.2, 0) is 0 Å². The van der Waals surface area contributed by atoms with Gasteiger partial charge in [0.05, 0.1) is 0 Å². The molecule has 0 aliphatic heterocycles. The summed E-state index contributed by atoms with van der Waals surface area (Å²) in [6, 6.07) is 0.638. The Bertz CT molecular complexity index is 76.5. The monoisotopic (exact) mass is 177 g/mol. The van der Waals surface area contributed by atoms with Crippen LogP contribution < -0.4 is 5.32 Å². The molecule has 0 aromatic carbocycles. The van der Waals surface area contributed by atoms with Crippen LogP contribution in [0.2, 0.25) is 0 Å². The van der Waals surface area contributed by atoms with Crippen molar-refractivity contribution in [2.75, 3.05) is 25.2 Å². The minimum atomic E-state index is 0.323. The van der Waals surface area contributed by atoms with Gasteiger partial charge in [-0.25, -0.2) is 0 Å². The largest absolute Gasteiger partial charge is 0.396 e. The van der Waals surface area contributed by atoms with Crippen molar-refractivity contribution in [2.24, 2.45) is 0 Å². The highest BCUT2D eigenvalue weighted by Gasteiger charge is 2.00. The number of hydrogen-bond donors (Lipinski definition) is 2. The summed E-state index contributed by atoms with van der Waals surface area (Å²) in [6.07, 6.45) is 2.10. The molecule has 0 saturated heterocycles. The van der Waals surface area contributed by atoms with E-state index in [0.29, 0.717) is 12.6 Å². The Kier molecular flexibility index (Phi) is 8.57. The van der Waals surface area contributed by atoms with Gasteiger partial charge in [0, 0.05) is 18.4 Å².